The second kappa shape index (κ2) is 8.13. The molecule has 1 fully saturated rings. The molecule has 1 saturated heterocycles. The molecule has 1 aliphatic rings. The summed E-state index contributed by atoms with van der Waals surface area (Å²) in [7, 11) is 0. The fourth-order valence-electron chi connectivity index (χ4n) is 2.96. The van der Waals surface area contributed by atoms with E-state index < -0.39 is 0 Å². The van der Waals surface area contributed by atoms with Crippen molar-refractivity contribution in [1.29, 1.82) is 0 Å². The molecule has 1 aromatic carbocycles. The number of nitrogens with zero attached hydrogens (tertiary/aromatic N) is 2. The first-order valence-electron chi connectivity index (χ1n) is 8.69. The van der Waals surface area contributed by atoms with Gasteiger partial charge in [0, 0.05) is 37.6 Å². The zero-order valence-electron chi connectivity index (χ0n) is 15.0. The number of aromatic amines is 1. The summed E-state index contributed by atoms with van der Waals surface area (Å²) >= 11 is 0. The highest BCUT2D eigenvalue weighted by Gasteiger charge is 2.24. The van der Waals surface area contributed by atoms with Crippen LogP contribution in [0.15, 0.2) is 41.2 Å². The lowest BCUT2D eigenvalue weighted by Gasteiger charge is -2.34. The van der Waals surface area contributed by atoms with Crippen molar-refractivity contribution in [2.45, 2.75) is 6.92 Å². The molecule has 2 amide bonds. The van der Waals surface area contributed by atoms with E-state index in [1.807, 2.05) is 4.90 Å². The van der Waals surface area contributed by atoms with Gasteiger partial charge in [0.2, 0.25) is 5.91 Å². The summed E-state index contributed by atoms with van der Waals surface area (Å²) in [6.07, 6.45) is 0. The van der Waals surface area contributed by atoms with Gasteiger partial charge in [-0.2, -0.15) is 0 Å². The zero-order chi connectivity index (χ0) is 19.4. The Labute approximate surface area is 155 Å². The summed E-state index contributed by atoms with van der Waals surface area (Å²) < 4.78 is 12.9. The zero-order valence-corrected chi connectivity index (χ0v) is 15.0. The Bertz CT molecular complexity index is 887. The number of hydrogen-bond donors (Lipinski definition) is 2. The number of hydrogen-bond acceptors (Lipinski definition) is 4. The molecule has 7 nitrogen and oxygen atoms in total. The lowest BCUT2D eigenvalue weighted by molar-refractivity contribution is -0.117. The minimum absolute atomic E-state index is 0.128. The minimum Gasteiger partial charge on any atom is -0.336 e. The van der Waals surface area contributed by atoms with E-state index in [1.54, 1.807) is 24.0 Å². The van der Waals surface area contributed by atoms with Gasteiger partial charge in [0.1, 0.15) is 11.4 Å². The van der Waals surface area contributed by atoms with Crippen molar-refractivity contribution in [3.8, 4) is 0 Å². The van der Waals surface area contributed by atoms with Crippen molar-refractivity contribution >= 4 is 17.5 Å². The number of anilines is 1. The minimum atomic E-state index is -0.388. The molecule has 0 bridgehead atoms. The molecular formula is C19H21FN4O3. The Morgan fingerprint density at radius 2 is 1.74 bits per heavy atom. The second-order valence-electron chi connectivity index (χ2n) is 6.51. The predicted octanol–water partition coefficient (Wildman–Crippen LogP) is 1.22. The summed E-state index contributed by atoms with van der Waals surface area (Å²) in [5.74, 6) is -0.857. The molecule has 0 aliphatic carbocycles. The van der Waals surface area contributed by atoms with E-state index in [-0.39, 0.29) is 35.3 Å². The van der Waals surface area contributed by atoms with Crippen LogP contribution < -0.4 is 10.9 Å². The highest BCUT2D eigenvalue weighted by molar-refractivity contribution is 5.94. The first-order valence-corrected chi connectivity index (χ1v) is 8.69. The molecule has 0 atom stereocenters. The van der Waals surface area contributed by atoms with Crippen molar-refractivity contribution in [3.05, 3.63) is 63.8 Å². The molecule has 1 aliphatic heterocycles. The van der Waals surface area contributed by atoms with Gasteiger partial charge in [-0.1, -0.05) is 0 Å². The van der Waals surface area contributed by atoms with E-state index in [1.165, 1.54) is 24.3 Å². The van der Waals surface area contributed by atoms with E-state index >= 15 is 0 Å². The van der Waals surface area contributed by atoms with Gasteiger partial charge < -0.3 is 15.2 Å². The summed E-state index contributed by atoms with van der Waals surface area (Å²) in [6.45, 7) is 3.89. The van der Waals surface area contributed by atoms with E-state index in [2.05, 4.69) is 10.3 Å². The summed E-state index contributed by atoms with van der Waals surface area (Å²) in [5, 5.41) is 2.72. The maximum absolute atomic E-state index is 12.9. The van der Waals surface area contributed by atoms with Crippen LogP contribution in [0.1, 0.15) is 16.1 Å². The standard InChI is InChI=1S/C19H21FN4O3/c1-13-2-7-16(18(26)21-13)19(27)24-10-8-23(9-11-24)12-17(25)22-15-5-3-14(20)4-6-15/h2-7H,8-12H2,1H3,(H,21,26)(H,22,25). The Morgan fingerprint density at radius 3 is 2.37 bits per heavy atom. The van der Waals surface area contributed by atoms with Gasteiger partial charge in [-0.05, 0) is 43.3 Å². The largest absolute Gasteiger partial charge is 0.336 e. The number of carbonyl (C=O) groups excluding carboxylic acids is 2. The first-order chi connectivity index (χ1) is 12.9. The van der Waals surface area contributed by atoms with Gasteiger partial charge in [-0.25, -0.2) is 4.39 Å². The van der Waals surface area contributed by atoms with Gasteiger partial charge in [-0.15, -0.1) is 0 Å². The molecule has 0 saturated carbocycles. The van der Waals surface area contributed by atoms with Crippen LogP contribution in [-0.4, -0.2) is 59.3 Å². The van der Waals surface area contributed by atoms with Crippen LogP contribution in [0.5, 0.6) is 0 Å². The second-order valence-corrected chi connectivity index (χ2v) is 6.51. The Kier molecular flexibility index (Phi) is 5.66. The fraction of sp³-hybridized carbons (Fsp3) is 0.316. The Balaban J connectivity index is 1.51. The number of rotatable bonds is 4. The highest BCUT2D eigenvalue weighted by atomic mass is 19.1. The van der Waals surface area contributed by atoms with Crippen molar-refractivity contribution in [1.82, 2.24) is 14.8 Å². The number of amides is 2. The third kappa shape index (κ3) is 4.79. The molecule has 8 heteroatoms. The van der Waals surface area contributed by atoms with Crippen LogP contribution in [0.25, 0.3) is 0 Å². The van der Waals surface area contributed by atoms with Crippen LogP contribution in [0.3, 0.4) is 0 Å². The molecule has 3 rings (SSSR count). The number of H-pyrrole nitrogens is 1. The smallest absolute Gasteiger partial charge is 0.260 e. The molecule has 1 aromatic heterocycles. The molecule has 0 radical (unpaired) electrons. The average molecular weight is 372 g/mol. The normalized spacial score (nSPS) is 14.8. The number of aryl methyl sites for hydroxylation is 1. The first kappa shape index (κ1) is 18.8. The van der Waals surface area contributed by atoms with Gasteiger partial charge >= 0.3 is 0 Å². The highest BCUT2D eigenvalue weighted by Crippen LogP contribution is 2.10. The maximum Gasteiger partial charge on any atom is 0.260 e. The molecular weight excluding hydrogens is 351 g/mol. The molecule has 2 N–H and O–H groups in total. The van der Waals surface area contributed by atoms with Gasteiger partial charge in [-0.3, -0.25) is 19.3 Å². The third-order valence-corrected chi connectivity index (χ3v) is 4.44. The number of piperazine rings is 1. The van der Waals surface area contributed by atoms with Crippen LogP contribution in [0, 0.1) is 12.7 Å². The van der Waals surface area contributed by atoms with Crippen molar-refractivity contribution in [2.24, 2.45) is 0 Å². The van der Waals surface area contributed by atoms with Crippen LogP contribution >= 0.6 is 0 Å². The van der Waals surface area contributed by atoms with Crippen LogP contribution in [0.4, 0.5) is 10.1 Å². The third-order valence-electron chi connectivity index (χ3n) is 4.44. The summed E-state index contributed by atoms with van der Waals surface area (Å²) in [4.78, 5) is 42.7. The molecule has 142 valence electrons. The van der Waals surface area contributed by atoms with Gasteiger partial charge in [0.15, 0.2) is 0 Å². The monoisotopic (exact) mass is 372 g/mol. The van der Waals surface area contributed by atoms with Crippen molar-refractivity contribution in [2.75, 3.05) is 38.0 Å². The van der Waals surface area contributed by atoms with E-state index in [0.29, 0.717) is 37.6 Å². The number of pyridine rings is 1. The Morgan fingerprint density at radius 1 is 1.07 bits per heavy atom. The molecule has 0 unspecified atom stereocenters. The number of benzene rings is 1. The average Bonchev–Trinajstić information content (AvgIpc) is 2.64. The van der Waals surface area contributed by atoms with Crippen molar-refractivity contribution < 1.29 is 14.0 Å². The fourth-order valence-corrected chi connectivity index (χ4v) is 2.96. The maximum atomic E-state index is 12.9. The number of halogens is 1. The lowest BCUT2D eigenvalue weighted by atomic mass is 10.2. The number of aromatic nitrogens is 1. The molecule has 27 heavy (non-hydrogen) atoms. The molecule has 2 heterocycles. The number of carbonyl (C=O) groups is 2. The molecule has 2 aromatic rings. The molecule has 0 spiro atoms. The summed E-state index contributed by atoms with van der Waals surface area (Å²) in [5.41, 5.74) is 0.978. The number of nitrogens with one attached hydrogen (secondary N) is 2. The van der Waals surface area contributed by atoms with E-state index in [9.17, 15) is 18.8 Å². The van der Waals surface area contributed by atoms with Crippen LogP contribution in [0.2, 0.25) is 0 Å². The van der Waals surface area contributed by atoms with Gasteiger partial charge in [0.05, 0.1) is 6.54 Å². The van der Waals surface area contributed by atoms with Crippen LogP contribution in [-0.2, 0) is 4.79 Å². The summed E-state index contributed by atoms with van der Waals surface area (Å²) in [6, 6.07) is 8.81. The lowest BCUT2D eigenvalue weighted by Crippen LogP contribution is -2.51. The quantitative estimate of drug-likeness (QED) is 0.845. The SMILES string of the molecule is Cc1ccc(C(=O)N2CCN(CC(=O)Nc3ccc(F)cc3)CC2)c(=O)[nH]1. The Hall–Kier alpha value is -3.00. The van der Waals surface area contributed by atoms with Gasteiger partial charge in [0.25, 0.3) is 11.5 Å². The van der Waals surface area contributed by atoms with E-state index in [0.717, 1.165) is 0 Å². The topological polar surface area (TPSA) is 85.5 Å². The van der Waals surface area contributed by atoms with E-state index in [4.69, 9.17) is 0 Å². The van der Waals surface area contributed by atoms with Crippen molar-refractivity contribution in [3.63, 3.8) is 0 Å². The predicted molar refractivity (Wildman–Crippen MR) is 99.2 cm³/mol.